The number of anilines is 2. The van der Waals surface area contributed by atoms with Gasteiger partial charge in [-0.3, -0.25) is 14.2 Å². The molecule has 1 aliphatic rings. The van der Waals surface area contributed by atoms with Gasteiger partial charge in [0.05, 0.1) is 36.4 Å². The molecule has 0 spiro atoms. The van der Waals surface area contributed by atoms with E-state index in [-0.39, 0.29) is 12.0 Å². The molecule has 4 rings (SSSR count). The van der Waals surface area contributed by atoms with Crippen molar-refractivity contribution in [2.45, 2.75) is 33.4 Å². The van der Waals surface area contributed by atoms with Gasteiger partial charge in [-0.15, -0.1) is 0 Å². The molecule has 0 radical (unpaired) electrons. The number of ether oxygens (including phenoxy) is 1. The maximum absolute atomic E-state index is 13.1. The molecule has 2 amide bonds. The van der Waals surface area contributed by atoms with E-state index in [9.17, 15) is 9.59 Å². The molecule has 3 aromatic rings. The number of hydrogen-bond acceptors (Lipinski definition) is 6. The first-order chi connectivity index (χ1) is 17.8. The van der Waals surface area contributed by atoms with Crippen LogP contribution in [0.15, 0.2) is 48.9 Å². The Labute approximate surface area is 221 Å². The van der Waals surface area contributed by atoms with Gasteiger partial charge in [-0.05, 0) is 38.6 Å². The summed E-state index contributed by atoms with van der Waals surface area (Å²) < 4.78 is 8.52. The standard InChI is InChI=1S/C25H32N8O3S/c1-4-36-25(35)31-12-10-30(11-13-31)23(34)19(3)33-17-22(18(2)29-33)28-24(37)27-21-14-26-32(16-21)15-20-8-6-5-7-9-20/h5-9,14,16-17,19H,4,10-13,15H2,1-3H3,(H2,27,28,37). The number of amides is 2. The van der Waals surface area contributed by atoms with Gasteiger partial charge in [-0.1, -0.05) is 30.3 Å². The zero-order valence-electron chi connectivity index (χ0n) is 21.3. The number of aryl methyl sites for hydroxylation is 1. The summed E-state index contributed by atoms with van der Waals surface area (Å²) in [6.45, 7) is 8.26. The van der Waals surface area contributed by atoms with Crippen molar-refractivity contribution >= 4 is 40.7 Å². The summed E-state index contributed by atoms with van der Waals surface area (Å²) in [5, 5.41) is 15.6. The van der Waals surface area contributed by atoms with Crippen molar-refractivity contribution in [2.75, 3.05) is 43.4 Å². The van der Waals surface area contributed by atoms with Crippen LogP contribution in [0.4, 0.5) is 16.2 Å². The molecule has 0 aliphatic carbocycles. The average molecular weight is 525 g/mol. The molecule has 0 bridgehead atoms. The van der Waals surface area contributed by atoms with E-state index < -0.39 is 6.04 Å². The average Bonchev–Trinajstić information content (AvgIpc) is 3.49. The topological polar surface area (TPSA) is 110 Å². The fourth-order valence-corrected chi connectivity index (χ4v) is 4.30. The van der Waals surface area contributed by atoms with Crippen LogP contribution in [0.25, 0.3) is 0 Å². The molecule has 2 aromatic heterocycles. The number of hydrogen-bond donors (Lipinski definition) is 2. The smallest absolute Gasteiger partial charge is 0.409 e. The lowest BCUT2D eigenvalue weighted by Gasteiger charge is -2.35. The minimum absolute atomic E-state index is 0.0518. The summed E-state index contributed by atoms with van der Waals surface area (Å²) in [6.07, 6.45) is 5.05. The van der Waals surface area contributed by atoms with Crippen molar-refractivity contribution in [3.63, 3.8) is 0 Å². The largest absolute Gasteiger partial charge is 0.450 e. The maximum atomic E-state index is 13.1. The first kappa shape index (κ1) is 26.1. The fraction of sp³-hybridized carbons (Fsp3) is 0.400. The summed E-state index contributed by atoms with van der Waals surface area (Å²) in [4.78, 5) is 28.4. The third-order valence-electron chi connectivity index (χ3n) is 6.11. The Balaban J connectivity index is 1.30. The molecule has 1 fully saturated rings. The fourth-order valence-electron chi connectivity index (χ4n) is 4.07. The molecule has 196 valence electrons. The Bertz CT molecular complexity index is 1230. The van der Waals surface area contributed by atoms with Gasteiger partial charge in [0.15, 0.2) is 5.11 Å². The number of carbonyl (C=O) groups is 2. The third kappa shape index (κ3) is 6.64. The highest BCUT2D eigenvalue weighted by atomic mass is 32.1. The van der Waals surface area contributed by atoms with Gasteiger partial charge in [-0.2, -0.15) is 10.2 Å². The number of nitrogens with zero attached hydrogens (tertiary/aromatic N) is 6. The number of carbonyl (C=O) groups excluding carboxylic acids is 2. The van der Waals surface area contributed by atoms with Crippen LogP contribution in [0.1, 0.15) is 31.1 Å². The third-order valence-corrected chi connectivity index (χ3v) is 6.32. The molecule has 37 heavy (non-hydrogen) atoms. The van der Waals surface area contributed by atoms with Gasteiger partial charge in [-0.25, -0.2) is 4.79 Å². The molecule has 1 aromatic carbocycles. The molecule has 3 heterocycles. The van der Waals surface area contributed by atoms with E-state index >= 15 is 0 Å². The summed E-state index contributed by atoms with van der Waals surface area (Å²) >= 11 is 5.48. The molecule has 1 atom stereocenters. The molecular weight excluding hydrogens is 492 g/mol. The second-order valence-electron chi connectivity index (χ2n) is 8.79. The van der Waals surface area contributed by atoms with Crippen molar-refractivity contribution in [1.82, 2.24) is 29.4 Å². The van der Waals surface area contributed by atoms with E-state index in [1.807, 2.05) is 42.9 Å². The van der Waals surface area contributed by atoms with Crippen molar-refractivity contribution < 1.29 is 14.3 Å². The highest BCUT2D eigenvalue weighted by Crippen LogP contribution is 2.19. The van der Waals surface area contributed by atoms with Crippen molar-refractivity contribution in [1.29, 1.82) is 0 Å². The van der Waals surface area contributed by atoms with Crippen LogP contribution in [-0.2, 0) is 16.1 Å². The Morgan fingerprint density at radius 1 is 1.08 bits per heavy atom. The van der Waals surface area contributed by atoms with E-state index in [2.05, 4.69) is 33.0 Å². The van der Waals surface area contributed by atoms with E-state index in [0.717, 1.165) is 16.9 Å². The first-order valence-electron chi connectivity index (χ1n) is 12.2. The van der Waals surface area contributed by atoms with Crippen LogP contribution >= 0.6 is 12.2 Å². The molecule has 12 heteroatoms. The van der Waals surface area contributed by atoms with E-state index in [0.29, 0.717) is 50.1 Å². The van der Waals surface area contributed by atoms with E-state index in [1.165, 1.54) is 0 Å². The lowest BCUT2D eigenvalue weighted by atomic mass is 10.2. The molecule has 1 aliphatic heterocycles. The van der Waals surface area contributed by atoms with Crippen LogP contribution in [0, 0.1) is 6.92 Å². The molecule has 1 saturated heterocycles. The Morgan fingerprint density at radius 2 is 1.78 bits per heavy atom. The van der Waals surface area contributed by atoms with Crippen molar-refractivity contribution in [3.8, 4) is 0 Å². The lowest BCUT2D eigenvalue weighted by molar-refractivity contribution is -0.136. The number of piperazine rings is 1. The monoisotopic (exact) mass is 524 g/mol. The SMILES string of the molecule is CCOC(=O)N1CCN(C(=O)C(C)n2cc(NC(=S)Nc3cnn(Cc4ccccc4)c3)c(C)n2)CC1. The summed E-state index contributed by atoms with van der Waals surface area (Å²) in [7, 11) is 0. The van der Waals surface area contributed by atoms with Gasteiger partial charge < -0.3 is 25.2 Å². The van der Waals surface area contributed by atoms with Gasteiger partial charge in [0, 0.05) is 38.6 Å². The minimum Gasteiger partial charge on any atom is -0.450 e. The molecule has 11 nitrogen and oxygen atoms in total. The number of rotatable bonds is 7. The Morgan fingerprint density at radius 3 is 2.49 bits per heavy atom. The van der Waals surface area contributed by atoms with Crippen molar-refractivity contribution in [2.24, 2.45) is 0 Å². The van der Waals surface area contributed by atoms with Crippen LogP contribution in [0.3, 0.4) is 0 Å². The molecule has 1 unspecified atom stereocenters. The molecular formula is C25H32N8O3S. The van der Waals surface area contributed by atoms with Gasteiger partial charge in [0.25, 0.3) is 0 Å². The molecule has 0 saturated carbocycles. The van der Waals surface area contributed by atoms with Crippen LogP contribution in [0.5, 0.6) is 0 Å². The number of benzene rings is 1. The quantitative estimate of drug-likeness (QED) is 0.454. The second-order valence-corrected chi connectivity index (χ2v) is 9.19. The summed E-state index contributed by atoms with van der Waals surface area (Å²) in [5.41, 5.74) is 3.35. The maximum Gasteiger partial charge on any atom is 0.409 e. The zero-order chi connectivity index (χ0) is 26.4. The van der Waals surface area contributed by atoms with Crippen LogP contribution in [0.2, 0.25) is 0 Å². The summed E-state index contributed by atoms with van der Waals surface area (Å²) in [5.74, 6) is -0.0518. The van der Waals surface area contributed by atoms with E-state index in [1.54, 1.807) is 33.8 Å². The summed E-state index contributed by atoms with van der Waals surface area (Å²) in [6, 6.07) is 9.59. The lowest BCUT2D eigenvalue weighted by Crippen LogP contribution is -2.52. The number of nitrogens with one attached hydrogen (secondary N) is 2. The Kier molecular flexibility index (Phi) is 8.39. The van der Waals surface area contributed by atoms with Crippen LogP contribution in [-0.4, -0.2) is 79.3 Å². The second kappa shape index (κ2) is 11.9. The first-order valence-corrected chi connectivity index (χ1v) is 12.7. The Hall–Kier alpha value is -3.93. The van der Waals surface area contributed by atoms with E-state index in [4.69, 9.17) is 17.0 Å². The normalized spacial score (nSPS) is 14.2. The molecule has 2 N–H and O–H groups in total. The highest BCUT2D eigenvalue weighted by Gasteiger charge is 2.29. The van der Waals surface area contributed by atoms with Gasteiger partial charge in [0.1, 0.15) is 6.04 Å². The minimum atomic E-state index is -0.499. The van der Waals surface area contributed by atoms with Crippen LogP contribution < -0.4 is 10.6 Å². The highest BCUT2D eigenvalue weighted by molar-refractivity contribution is 7.80. The predicted octanol–water partition coefficient (Wildman–Crippen LogP) is 3.11. The van der Waals surface area contributed by atoms with Crippen molar-refractivity contribution in [3.05, 3.63) is 60.2 Å². The number of aromatic nitrogens is 4. The van der Waals surface area contributed by atoms with Gasteiger partial charge in [0.2, 0.25) is 5.91 Å². The number of thiocarbonyl (C=S) groups is 1. The van der Waals surface area contributed by atoms with Gasteiger partial charge >= 0.3 is 6.09 Å². The zero-order valence-corrected chi connectivity index (χ0v) is 22.1. The predicted molar refractivity (Wildman–Crippen MR) is 144 cm³/mol.